The van der Waals surface area contributed by atoms with Crippen molar-refractivity contribution in [1.29, 1.82) is 0 Å². The third kappa shape index (κ3) is 4.17. The molecule has 1 aromatic rings. The molecule has 0 radical (unpaired) electrons. The molecule has 20 heavy (non-hydrogen) atoms. The van der Waals surface area contributed by atoms with E-state index >= 15 is 0 Å². The van der Waals surface area contributed by atoms with Gasteiger partial charge in [-0.25, -0.2) is 0 Å². The number of hydrogen-bond acceptors (Lipinski definition) is 5. The monoisotopic (exact) mass is 278 g/mol. The van der Waals surface area contributed by atoms with E-state index in [0.29, 0.717) is 11.4 Å². The topological polar surface area (TPSA) is 81.8 Å². The van der Waals surface area contributed by atoms with Crippen molar-refractivity contribution in [2.75, 3.05) is 50.2 Å². The highest BCUT2D eigenvalue weighted by Crippen LogP contribution is 2.34. The van der Waals surface area contributed by atoms with Crippen molar-refractivity contribution in [3.63, 3.8) is 0 Å². The van der Waals surface area contributed by atoms with Crippen LogP contribution in [0.25, 0.3) is 0 Å². The van der Waals surface area contributed by atoms with Gasteiger partial charge in [0.25, 0.3) is 0 Å². The van der Waals surface area contributed by atoms with Gasteiger partial charge in [-0.05, 0) is 26.2 Å². The molecule has 6 nitrogen and oxygen atoms in total. The Hall–Kier alpha value is -2.21. The fourth-order valence-corrected chi connectivity index (χ4v) is 1.66. The number of amides is 1. The molecule has 0 bridgehead atoms. The fraction of sp³-hybridized carbons (Fsp3) is 0.357. The molecular formula is C14H22N4O2. The number of hydrogen-bond donors (Lipinski definition) is 3. The molecule has 1 rings (SSSR count). The molecule has 4 N–H and O–H groups in total. The average molecular weight is 278 g/mol. The van der Waals surface area contributed by atoms with Gasteiger partial charge in [-0.15, -0.1) is 0 Å². The highest BCUT2D eigenvalue weighted by Gasteiger charge is 2.13. The van der Waals surface area contributed by atoms with Crippen LogP contribution in [0.4, 0.5) is 17.1 Å². The maximum Gasteiger partial charge on any atom is 0.247 e. The molecule has 0 aliphatic rings. The van der Waals surface area contributed by atoms with E-state index in [1.807, 2.05) is 26.0 Å². The van der Waals surface area contributed by atoms with Crippen molar-refractivity contribution >= 4 is 23.0 Å². The number of anilines is 3. The van der Waals surface area contributed by atoms with Crippen LogP contribution in [-0.4, -0.2) is 50.1 Å². The summed E-state index contributed by atoms with van der Waals surface area (Å²) < 4.78 is 0. The van der Waals surface area contributed by atoms with Crippen LogP contribution in [0.3, 0.4) is 0 Å². The standard InChI is InChI=1S/C14H22N4O2/c1-5-14(20)16-11-8-10(15)13(19)9-12(11)18(4)7-6-17(2)3/h5,8-9,19H,1,6-7,15H2,2-4H3,(H,16,20). The van der Waals surface area contributed by atoms with E-state index in [9.17, 15) is 9.90 Å². The summed E-state index contributed by atoms with van der Waals surface area (Å²) >= 11 is 0. The minimum Gasteiger partial charge on any atom is -0.506 e. The van der Waals surface area contributed by atoms with Crippen LogP contribution in [-0.2, 0) is 4.79 Å². The molecule has 0 fully saturated rings. The first-order chi connectivity index (χ1) is 9.35. The zero-order valence-corrected chi connectivity index (χ0v) is 12.2. The number of phenolic OH excluding ortho intramolecular Hbond substituents is 1. The first-order valence-corrected chi connectivity index (χ1v) is 6.27. The number of carbonyl (C=O) groups excluding carboxylic acids is 1. The van der Waals surface area contributed by atoms with Crippen LogP contribution in [0.5, 0.6) is 5.75 Å². The molecule has 0 saturated heterocycles. The van der Waals surface area contributed by atoms with Crippen molar-refractivity contribution in [3.05, 3.63) is 24.8 Å². The van der Waals surface area contributed by atoms with Crippen LogP contribution in [0.2, 0.25) is 0 Å². The van der Waals surface area contributed by atoms with Crippen molar-refractivity contribution in [2.24, 2.45) is 0 Å². The number of likely N-dealkylation sites (N-methyl/N-ethyl adjacent to an activating group) is 2. The zero-order valence-electron chi connectivity index (χ0n) is 12.2. The lowest BCUT2D eigenvalue weighted by Crippen LogP contribution is -2.29. The van der Waals surface area contributed by atoms with Gasteiger partial charge in [-0.1, -0.05) is 6.58 Å². The summed E-state index contributed by atoms with van der Waals surface area (Å²) in [5.74, 6) is -0.328. The number of nitrogens with one attached hydrogen (secondary N) is 1. The Morgan fingerprint density at radius 2 is 2.05 bits per heavy atom. The minimum absolute atomic E-state index is 0.00620. The molecule has 1 amide bonds. The van der Waals surface area contributed by atoms with E-state index in [1.54, 1.807) is 6.07 Å². The first-order valence-electron chi connectivity index (χ1n) is 6.27. The van der Waals surface area contributed by atoms with Crippen LogP contribution in [0, 0.1) is 0 Å². The van der Waals surface area contributed by atoms with E-state index in [4.69, 9.17) is 5.73 Å². The van der Waals surface area contributed by atoms with Crippen LogP contribution >= 0.6 is 0 Å². The molecule has 0 atom stereocenters. The summed E-state index contributed by atoms with van der Waals surface area (Å²) in [5.41, 5.74) is 7.14. The Balaban J connectivity index is 3.05. The Morgan fingerprint density at radius 3 is 2.60 bits per heavy atom. The van der Waals surface area contributed by atoms with Crippen molar-refractivity contribution in [2.45, 2.75) is 0 Å². The normalized spacial score (nSPS) is 10.4. The molecule has 0 saturated carbocycles. The Bertz CT molecular complexity index is 500. The van der Waals surface area contributed by atoms with Crippen molar-refractivity contribution < 1.29 is 9.90 Å². The quantitative estimate of drug-likeness (QED) is 0.314. The molecule has 0 unspecified atom stereocenters. The lowest BCUT2D eigenvalue weighted by molar-refractivity contribution is -0.111. The van der Waals surface area contributed by atoms with E-state index in [-0.39, 0.29) is 17.3 Å². The average Bonchev–Trinajstić information content (AvgIpc) is 2.39. The first kappa shape index (κ1) is 15.8. The van der Waals surface area contributed by atoms with Gasteiger partial charge in [0.1, 0.15) is 5.75 Å². The predicted molar refractivity (Wildman–Crippen MR) is 83.2 cm³/mol. The molecule has 6 heteroatoms. The number of nitrogens with zero attached hydrogens (tertiary/aromatic N) is 2. The summed E-state index contributed by atoms with van der Waals surface area (Å²) in [5, 5.41) is 12.4. The van der Waals surface area contributed by atoms with E-state index < -0.39 is 0 Å². The smallest absolute Gasteiger partial charge is 0.247 e. The summed E-state index contributed by atoms with van der Waals surface area (Å²) in [6.07, 6.45) is 1.19. The van der Waals surface area contributed by atoms with Crippen LogP contribution < -0.4 is 16.0 Å². The summed E-state index contributed by atoms with van der Waals surface area (Å²) in [4.78, 5) is 15.5. The molecule has 0 aliphatic heterocycles. The lowest BCUT2D eigenvalue weighted by atomic mass is 10.2. The Labute approximate surface area is 119 Å². The predicted octanol–water partition coefficient (Wildman–Crippen LogP) is 1.10. The molecule has 0 heterocycles. The number of benzene rings is 1. The molecule has 1 aromatic carbocycles. The molecule has 0 aliphatic carbocycles. The Kier molecular flexibility index (Phi) is 5.40. The number of rotatable bonds is 6. The van der Waals surface area contributed by atoms with Crippen molar-refractivity contribution in [1.82, 2.24) is 4.90 Å². The lowest BCUT2D eigenvalue weighted by Gasteiger charge is -2.24. The maximum absolute atomic E-state index is 11.5. The SMILES string of the molecule is C=CC(=O)Nc1cc(N)c(O)cc1N(C)CCN(C)C. The number of nitrogens with two attached hydrogens (primary N) is 1. The Morgan fingerprint density at radius 1 is 1.40 bits per heavy atom. The van der Waals surface area contributed by atoms with Gasteiger partial charge in [0.05, 0.1) is 17.1 Å². The second-order valence-electron chi connectivity index (χ2n) is 4.85. The van der Waals surface area contributed by atoms with Gasteiger partial charge in [-0.3, -0.25) is 4.79 Å². The van der Waals surface area contributed by atoms with E-state index in [2.05, 4.69) is 16.8 Å². The van der Waals surface area contributed by atoms with Gasteiger partial charge in [-0.2, -0.15) is 0 Å². The summed E-state index contributed by atoms with van der Waals surface area (Å²) in [6, 6.07) is 3.09. The second-order valence-corrected chi connectivity index (χ2v) is 4.85. The fourth-order valence-electron chi connectivity index (χ4n) is 1.66. The van der Waals surface area contributed by atoms with Gasteiger partial charge < -0.3 is 26.0 Å². The third-order valence-corrected chi connectivity index (χ3v) is 2.88. The molecule has 110 valence electrons. The highest BCUT2D eigenvalue weighted by atomic mass is 16.3. The highest BCUT2D eigenvalue weighted by molar-refractivity contribution is 6.02. The molecular weight excluding hydrogens is 256 g/mol. The van der Waals surface area contributed by atoms with E-state index in [1.165, 1.54) is 12.1 Å². The van der Waals surface area contributed by atoms with Gasteiger partial charge in [0.15, 0.2) is 0 Å². The maximum atomic E-state index is 11.5. The molecule has 0 spiro atoms. The largest absolute Gasteiger partial charge is 0.506 e. The number of nitrogen functional groups attached to an aromatic ring is 1. The number of carbonyl (C=O) groups is 1. The van der Waals surface area contributed by atoms with Crippen LogP contribution in [0.1, 0.15) is 0 Å². The minimum atomic E-state index is -0.322. The summed E-state index contributed by atoms with van der Waals surface area (Å²) in [6.45, 7) is 5.00. The van der Waals surface area contributed by atoms with Gasteiger partial charge >= 0.3 is 0 Å². The van der Waals surface area contributed by atoms with Gasteiger partial charge in [0.2, 0.25) is 5.91 Å². The number of phenols is 1. The third-order valence-electron chi connectivity index (χ3n) is 2.88. The van der Waals surface area contributed by atoms with E-state index in [0.717, 1.165) is 13.1 Å². The van der Waals surface area contributed by atoms with Crippen molar-refractivity contribution in [3.8, 4) is 5.75 Å². The number of aromatic hydroxyl groups is 1. The molecule has 0 aromatic heterocycles. The summed E-state index contributed by atoms with van der Waals surface area (Å²) in [7, 11) is 5.85. The zero-order chi connectivity index (χ0) is 15.3. The van der Waals surface area contributed by atoms with Gasteiger partial charge in [0, 0.05) is 26.2 Å². The second kappa shape index (κ2) is 6.81. The van der Waals surface area contributed by atoms with Crippen LogP contribution in [0.15, 0.2) is 24.8 Å².